The summed E-state index contributed by atoms with van der Waals surface area (Å²) in [6.45, 7) is 6.81. The molecule has 0 unspecified atom stereocenters. The molecule has 1 aliphatic heterocycles. The Labute approximate surface area is 202 Å². The lowest BCUT2D eigenvalue weighted by Gasteiger charge is -2.33. The molecule has 1 aliphatic rings. The maximum absolute atomic E-state index is 5.72. The van der Waals surface area contributed by atoms with E-state index in [1.807, 2.05) is 55.5 Å². The molecule has 1 saturated heterocycles. The van der Waals surface area contributed by atoms with E-state index in [4.69, 9.17) is 25.9 Å². The molecule has 0 amide bonds. The summed E-state index contributed by atoms with van der Waals surface area (Å²) in [6.07, 6.45) is 0. The van der Waals surface area contributed by atoms with E-state index in [1.54, 1.807) is 11.8 Å². The van der Waals surface area contributed by atoms with Crippen molar-refractivity contribution in [2.45, 2.75) is 20.1 Å². The van der Waals surface area contributed by atoms with Crippen LogP contribution in [0.4, 0.5) is 0 Å². The molecule has 176 valence electrons. The Morgan fingerprint density at radius 2 is 1.74 bits per heavy atom. The second-order valence-electron chi connectivity index (χ2n) is 8.26. The molecule has 2 aromatic heterocycles. The second kappa shape index (κ2) is 9.88. The second-order valence-corrected chi connectivity index (χ2v) is 8.61. The molecule has 2 aromatic carbocycles. The standard InChI is InChI=1S/C24H26N6O3S/c1-17-5-3-4-6-20(17)22-25-21(33-27-22)15-28-11-13-29(14-12-28)16-30-24(34)32-23(26-30)18-7-9-19(31-2)10-8-18/h3-10H,11-16H2,1-2H3. The average Bonchev–Trinajstić information content (AvgIpc) is 3.47. The number of ether oxygens (including phenoxy) is 1. The van der Waals surface area contributed by atoms with E-state index in [0.29, 0.717) is 35.7 Å². The van der Waals surface area contributed by atoms with E-state index in [0.717, 1.165) is 48.6 Å². The van der Waals surface area contributed by atoms with Crippen LogP contribution in [-0.4, -0.2) is 63.0 Å². The number of nitrogens with zero attached hydrogens (tertiary/aromatic N) is 6. The smallest absolute Gasteiger partial charge is 0.288 e. The van der Waals surface area contributed by atoms with Crippen LogP contribution in [0.1, 0.15) is 11.5 Å². The monoisotopic (exact) mass is 478 g/mol. The Balaban J connectivity index is 1.16. The molecule has 0 spiro atoms. The Morgan fingerprint density at radius 3 is 2.47 bits per heavy atom. The fourth-order valence-electron chi connectivity index (χ4n) is 3.97. The molecule has 9 nitrogen and oxygen atoms in total. The van der Waals surface area contributed by atoms with E-state index in [2.05, 4.69) is 25.0 Å². The minimum atomic E-state index is 0.364. The fourth-order valence-corrected chi connectivity index (χ4v) is 4.15. The number of piperazine rings is 1. The molecule has 5 rings (SSSR count). The van der Waals surface area contributed by atoms with E-state index in [9.17, 15) is 0 Å². The van der Waals surface area contributed by atoms with Crippen molar-refractivity contribution in [3.05, 3.63) is 64.8 Å². The molecular formula is C24H26N6O3S. The van der Waals surface area contributed by atoms with Crippen molar-refractivity contribution in [2.75, 3.05) is 33.3 Å². The van der Waals surface area contributed by atoms with E-state index >= 15 is 0 Å². The topological polar surface area (TPSA) is 85.6 Å². The van der Waals surface area contributed by atoms with Gasteiger partial charge in [0.05, 0.1) is 20.3 Å². The summed E-state index contributed by atoms with van der Waals surface area (Å²) in [5.41, 5.74) is 2.99. The molecule has 10 heteroatoms. The molecular weight excluding hydrogens is 452 g/mol. The number of benzene rings is 2. The molecule has 4 aromatic rings. The Kier molecular flexibility index (Phi) is 6.52. The molecule has 0 N–H and O–H groups in total. The zero-order chi connectivity index (χ0) is 23.5. The van der Waals surface area contributed by atoms with Crippen molar-refractivity contribution < 1.29 is 13.7 Å². The van der Waals surface area contributed by atoms with Crippen molar-refractivity contribution >= 4 is 12.2 Å². The first-order chi connectivity index (χ1) is 16.6. The van der Waals surface area contributed by atoms with E-state index in [-0.39, 0.29) is 0 Å². The molecule has 34 heavy (non-hydrogen) atoms. The van der Waals surface area contributed by atoms with Gasteiger partial charge in [-0.2, -0.15) is 4.98 Å². The van der Waals surface area contributed by atoms with Gasteiger partial charge in [0.15, 0.2) is 0 Å². The first-order valence-electron chi connectivity index (χ1n) is 11.1. The Bertz CT molecular complexity index is 1300. The zero-order valence-corrected chi connectivity index (χ0v) is 20.0. The maximum Gasteiger partial charge on any atom is 0.288 e. The van der Waals surface area contributed by atoms with Crippen molar-refractivity contribution in [3.8, 4) is 28.6 Å². The first-order valence-corrected chi connectivity index (χ1v) is 11.6. The third-order valence-corrected chi connectivity index (χ3v) is 6.25. The van der Waals surface area contributed by atoms with Gasteiger partial charge in [-0.15, -0.1) is 5.10 Å². The minimum Gasteiger partial charge on any atom is -0.497 e. The number of aromatic nitrogens is 4. The lowest BCUT2D eigenvalue weighted by Crippen LogP contribution is -2.46. The van der Waals surface area contributed by atoms with Gasteiger partial charge >= 0.3 is 0 Å². The van der Waals surface area contributed by atoms with Crippen LogP contribution in [0.15, 0.2) is 57.5 Å². The lowest BCUT2D eigenvalue weighted by molar-refractivity contribution is 0.0902. The van der Waals surface area contributed by atoms with Crippen LogP contribution in [0.25, 0.3) is 22.8 Å². The van der Waals surface area contributed by atoms with Gasteiger partial charge < -0.3 is 13.7 Å². The predicted octanol–water partition coefficient (Wildman–Crippen LogP) is 4.01. The van der Waals surface area contributed by atoms with Crippen LogP contribution in [-0.2, 0) is 13.2 Å². The number of aryl methyl sites for hydroxylation is 1. The molecule has 0 saturated carbocycles. The van der Waals surface area contributed by atoms with E-state index in [1.165, 1.54) is 0 Å². The molecule has 1 fully saturated rings. The van der Waals surface area contributed by atoms with Crippen LogP contribution in [0.2, 0.25) is 0 Å². The zero-order valence-electron chi connectivity index (χ0n) is 19.2. The van der Waals surface area contributed by atoms with Crippen molar-refractivity contribution in [2.24, 2.45) is 0 Å². The number of methoxy groups -OCH3 is 1. The van der Waals surface area contributed by atoms with Crippen LogP contribution in [0.5, 0.6) is 5.75 Å². The van der Waals surface area contributed by atoms with Gasteiger partial charge in [-0.25, -0.2) is 4.68 Å². The summed E-state index contributed by atoms with van der Waals surface area (Å²) < 4.78 is 18.2. The Morgan fingerprint density at radius 1 is 1.00 bits per heavy atom. The Hall–Kier alpha value is -3.34. The summed E-state index contributed by atoms with van der Waals surface area (Å²) >= 11 is 5.40. The highest BCUT2D eigenvalue weighted by Crippen LogP contribution is 2.22. The van der Waals surface area contributed by atoms with Gasteiger partial charge in [-0.1, -0.05) is 29.4 Å². The highest BCUT2D eigenvalue weighted by atomic mass is 32.1. The van der Waals surface area contributed by atoms with Gasteiger partial charge in [0.1, 0.15) is 5.75 Å². The highest BCUT2D eigenvalue weighted by molar-refractivity contribution is 7.71. The first kappa shape index (κ1) is 22.5. The largest absolute Gasteiger partial charge is 0.497 e. The van der Waals surface area contributed by atoms with Crippen molar-refractivity contribution in [1.82, 2.24) is 29.7 Å². The number of rotatable bonds is 7. The van der Waals surface area contributed by atoms with Gasteiger partial charge in [-0.05, 0) is 49.0 Å². The van der Waals surface area contributed by atoms with Crippen LogP contribution in [0, 0.1) is 11.8 Å². The summed E-state index contributed by atoms with van der Waals surface area (Å²) in [4.78, 5) is 9.58. The summed E-state index contributed by atoms with van der Waals surface area (Å²) in [7, 11) is 1.64. The third-order valence-electron chi connectivity index (χ3n) is 5.96. The van der Waals surface area contributed by atoms with Gasteiger partial charge in [0.2, 0.25) is 17.6 Å². The SMILES string of the molecule is COc1ccc(-c2nn(CN3CCN(Cc4nc(-c5ccccc5C)no4)CC3)c(=S)o2)cc1. The molecule has 0 radical (unpaired) electrons. The minimum absolute atomic E-state index is 0.364. The average molecular weight is 479 g/mol. The number of hydrogen-bond donors (Lipinski definition) is 0. The van der Waals surface area contributed by atoms with Crippen LogP contribution >= 0.6 is 12.2 Å². The van der Waals surface area contributed by atoms with Crippen LogP contribution < -0.4 is 4.74 Å². The fraction of sp³-hybridized carbons (Fsp3) is 0.333. The summed E-state index contributed by atoms with van der Waals surface area (Å²) in [5, 5.41) is 8.74. The lowest BCUT2D eigenvalue weighted by atomic mass is 10.1. The normalized spacial score (nSPS) is 15.0. The van der Waals surface area contributed by atoms with Gasteiger partial charge in [0.25, 0.3) is 4.84 Å². The highest BCUT2D eigenvalue weighted by Gasteiger charge is 2.21. The quantitative estimate of drug-likeness (QED) is 0.366. The summed E-state index contributed by atoms with van der Waals surface area (Å²) in [6, 6.07) is 15.6. The third kappa shape index (κ3) is 4.93. The molecule has 0 aliphatic carbocycles. The molecule has 0 atom stereocenters. The van der Waals surface area contributed by atoms with Gasteiger partial charge in [0, 0.05) is 37.3 Å². The molecule has 0 bridgehead atoms. The van der Waals surface area contributed by atoms with Crippen molar-refractivity contribution in [1.29, 1.82) is 0 Å². The van der Waals surface area contributed by atoms with Crippen molar-refractivity contribution in [3.63, 3.8) is 0 Å². The van der Waals surface area contributed by atoms with E-state index < -0.39 is 0 Å². The van der Waals surface area contributed by atoms with Crippen LogP contribution in [0.3, 0.4) is 0 Å². The molecule has 3 heterocycles. The number of hydrogen-bond acceptors (Lipinski definition) is 9. The maximum atomic E-state index is 5.72. The van der Waals surface area contributed by atoms with Gasteiger partial charge in [-0.3, -0.25) is 9.80 Å². The predicted molar refractivity (Wildman–Crippen MR) is 129 cm³/mol. The summed E-state index contributed by atoms with van der Waals surface area (Å²) in [5.74, 6) is 2.56.